The molecular formula is C19H24Si. The third-order valence-corrected chi connectivity index (χ3v) is 7.09. The first-order valence-corrected chi connectivity index (χ1v) is 10.6. The van der Waals surface area contributed by atoms with Crippen molar-refractivity contribution in [2.24, 2.45) is 0 Å². The van der Waals surface area contributed by atoms with Crippen LogP contribution in [0.15, 0.2) is 72.8 Å². The molecule has 0 spiro atoms. The smallest absolute Gasteiger partial charge is 0.0843 e. The Morgan fingerprint density at radius 1 is 0.900 bits per heavy atom. The molecule has 1 unspecified atom stereocenters. The molecule has 0 heterocycles. The quantitative estimate of drug-likeness (QED) is 0.536. The minimum atomic E-state index is -1.33. The summed E-state index contributed by atoms with van der Waals surface area (Å²) >= 11 is 0. The summed E-state index contributed by atoms with van der Waals surface area (Å²) in [6.07, 6.45) is 4.74. The molecule has 0 aliphatic rings. The molecule has 20 heavy (non-hydrogen) atoms. The zero-order valence-corrected chi connectivity index (χ0v) is 13.7. The molecule has 0 bridgehead atoms. The Bertz CT molecular complexity index is 540. The van der Waals surface area contributed by atoms with Gasteiger partial charge in [-0.25, -0.2) is 0 Å². The second-order valence-electron chi connectivity index (χ2n) is 6.08. The normalized spacial score (nSPS) is 13.6. The summed E-state index contributed by atoms with van der Waals surface area (Å²) in [5, 5.41) is 1.54. The van der Waals surface area contributed by atoms with Gasteiger partial charge >= 0.3 is 0 Å². The predicted molar refractivity (Wildman–Crippen MR) is 92.4 cm³/mol. The van der Waals surface area contributed by atoms with E-state index in [-0.39, 0.29) is 0 Å². The van der Waals surface area contributed by atoms with Gasteiger partial charge in [-0.1, -0.05) is 98.0 Å². The fourth-order valence-corrected chi connectivity index (χ4v) is 4.50. The maximum atomic E-state index is 2.44. The van der Waals surface area contributed by atoms with Gasteiger partial charge in [-0.2, -0.15) is 0 Å². The van der Waals surface area contributed by atoms with Crippen molar-refractivity contribution in [2.75, 3.05) is 0 Å². The predicted octanol–water partition coefficient (Wildman–Crippen LogP) is 4.96. The molecule has 104 valence electrons. The van der Waals surface area contributed by atoms with E-state index in [1.165, 1.54) is 16.8 Å². The Morgan fingerprint density at radius 2 is 1.45 bits per heavy atom. The molecule has 2 aromatic carbocycles. The summed E-state index contributed by atoms with van der Waals surface area (Å²) in [6, 6.07) is 22.9. The Balaban J connectivity index is 1.99. The van der Waals surface area contributed by atoms with Gasteiger partial charge in [-0.3, -0.25) is 0 Å². The SMILES string of the molecule is CC(/C=C/C[Si](C)(C)c1ccccc1)c1ccccc1. The number of allylic oxidation sites excluding steroid dienone is 2. The van der Waals surface area contributed by atoms with Crippen LogP contribution in [0.25, 0.3) is 0 Å². The average molecular weight is 280 g/mol. The maximum Gasteiger partial charge on any atom is 0.0843 e. The van der Waals surface area contributed by atoms with Crippen molar-refractivity contribution in [3.05, 3.63) is 78.4 Å². The fourth-order valence-electron chi connectivity index (χ4n) is 2.44. The van der Waals surface area contributed by atoms with Crippen LogP contribution in [-0.2, 0) is 0 Å². The van der Waals surface area contributed by atoms with Gasteiger partial charge in [0, 0.05) is 0 Å². The van der Waals surface area contributed by atoms with Gasteiger partial charge in [0.15, 0.2) is 0 Å². The molecule has 2 aromatic rings. The third kappa shape index (κ3) is 3.94. The first-order valence-electron chi connectivity index (χ1n) is 7.37. The van der Waals surface area contributed by atoms with Crippen molar-refractivity contribution >= 4 is 13.3 Å². The molecule has 0 radical (unpaired) electrons. The molecule has 0 saturated heterocycles. The van der Waals surface area contributed by atoms with E-state index in [4.69, 9.17) is 0 Å². The van der Waals surface area contributed by atoms with Gasteiger partial charge < -0.3 is 0 Å². The standard InChI is InChI=1S/C19H24Si/c1-17(18-12-6-4-7-13-18)11-10-16-20(2,3)19-14-8-5-9-15-19/h4-15,17H,16H2,1-3H3/b11-10+. The highest BCUT2D eigenvalue weighted by Gasteiger charge is 2.21. The van der Waals surface area contributed by atoms with Crippen LogP contribution < -0.4 is 5.19 Å². The molecule has 0 aromatic heterocycles. The van der Waals surface area contributed by atoms with Gasteiger partial charge in [0.25, 0.3) is 0 Å². The Morgan fingerprint density at radius 3 is 2.05 bits per heavy atom. The number of rotatable bonds is 5. The highest BCUT2D eigenvalue weighted by Crippen LogP contribution is 2.18. The molecule has 0 saturated carbocycles. The zero-order chi connectivity index (χ0) is 14.4. The van der Waals surface area contributed by atoms with Crippen LogP contribution in [0.1, 0.15) is 18.4 Å². The largest absolute Gasteiger partial charge is 0.0903 e. The van der Waals surface area contributed by atoms with Gasteiger partial charge in [0.05, 0.1) is 8.07 Å². The van der Waals surface area contributed by atoms with Crippen LogP contribution >= 0.6 is 0 Å². The molecule has 1 heteroatoms. The number of hydrogen-bond donors (Lipinski definition) is 0. The van der Waals surface area contributed by atoms with Gasteiger partial charge in [0.1, 0.15) is 0 Å². The molecule has 0 aliphatic heterocycles. The van der Waals surface area contributed by atoms with Crippen molar-refractivity contribution < 1.29 is 0 Å². The summed E-state index contributed by atoms with van der Waals surface area (Å²) in [4.78, 5) is 0. The first-order chi connectivity index (χ1) is 9.59. The highest BCUT2D eigenvalue weighted by molar-refractivity contribution is 6.90. The van der Waals surface area contributed by atoms with E-state index in [2.05, 4.69) is 92.8 Å². The van der Waals surface area contributed by atoms with Crippen LogP contribution in [-0.4, -0.2) is 8.07 Å². The lowest BCUT2D eigenvalue weighted by atomic mass is 10.0. The first kappa shape index (κ1) is 14.8. The Kier molecular flexibility index (Phi) is 4.97. The molecule has 0 fully saturated rings. The van der Waals surface area contributed by atoms with Crippen LogP contribution in [0, 0.1) is 0 Å². The molecule has 0 amide bonds. The van der Waals surface area contributed by atoms with E-state index in [1.54, 1.807) is 0 Å². The Hall–Kier alpha value is -1.60. The van der Waals surface area contributed by atoms with Gasteiger partial charge in [-0.05, 0) is 17.5 Å². The van der Waals surface area contributed by atoms with Crippen molar-refractivity contribution in [3.63, 3.8) is 0 Å². The van der Waals surface area contributed by atoms with Crippen LogP contribution in [0.4, 0.5) is 0 Å². The monoisotopic (exact) mass is 280 g/mol. The second-order valence-corrected chi connectivity index (χ2v) is 10.8. The van der Waals surface area contributed by atoms with E-state index in [9.17, 15) is 0 Å². The van der Waals surface area contributed by atoms with Crippen LogP contribution in [0.5, 0.6) is 0 Å². The number of benzene rings is 2. The molecule has 2 rings (SSSR count). The topological polar surface area (TPSA) is 0 Å². The third-order valence-electron chi connectivity index (χ3n) is 3.93. The highest BCUT2D eigenvalue weighted by atomic mass is 28.3. The summed E-state index contributed by atoms with van der Waals surface area (Å²) in [6.45, 7) is 7.16. The van der Waals surface area contributed by atoms with Crippen molar-refractivity contribution in [3.8, 4) is 0 Å². The van der Waals surface area contributed by atoms with Gasteiger partial charge in [0.2, 0.25) is 0 Å². The fraction of sp³-hybridized carbons (Fsp3) is 0.263. The summed E-state index contributed by atoms with van der Waals surface area (Å²) in [5.41, 5.74) is 1.39. The van der Waals surface area contributed by atoms with Crippen molar-refractivity contribution in [2.45, 2.75) is 32.0 Å². The van der Waals surface area contributed by atoms with Crippen molar-refractivity contribution in [1.82, 2.24) is 0 Å². The number of hydrogen-bond acceptors (Lipinski definition) is 0. The molecule has 0 aliphatic carbocycles. The molecule has 1 atom stereocenters. The maximum absolute atomic E-state index is 2.44. The van der Waals surface area contributed by atoms with Crippen molar-refractivity contribution in [1.29, 1.82) is 0 Å². The van der Waals surface area contributed by atoms with E-state index in [0.717, 1.165) is 0 Å². The summed E-state index contributed by atoms with van der Waals surface area (Å²) < 4.78 is 0. The molecule has 0 N–H and O–H groups in total. The summed E-state index contributed by atoms with van der Waals surface area (Å²) in [7, 11) is -1.33. The lowest BCUT2D eigenvalue weighted by Gasteiger charge is -2.21. The second kappa shape index (κ2) is 6.71. The lowest BCUT2D eigenvalue weighted by Crippen LogP contribution is -2.40. The van der Waals surface area contributed by atoms with Crippen LogP contribution in [0.2, 0.25) is 19.1 Å². The van der Waals surface area contributed by atoms with E-state index in [1.807, 2.05) is 0 Å². The van der Waals surface area contributed by atoms with Gasteiger partial charge in [-0.15, -0.1) is 0 Å². The Labute approximate surface area is 124 Å². The molecular weight excluding hydrogens is 256 g/mol. The molecule has 0 nitrogen and oxygen atoms in total. The van der Waals surface area contributed by atoms with E-state index < -0.39 is 8.07 Å². The minimum Gasteiger partial charge on any atom is -0.0903 e. The zero-order valence-electron chi connectivity index (χ0n) is 12.7. The van der Waals surface area contributed by atoms with E-state index >= 15 is 0 Å². The average Bonchev–Trinajstić information content (AvgIpc) is 2.49. The summed E-state index contributed by atoms with van der Waals surface area (Å²) in [5.74, 6) is 0.497. The van der Waals surface area contributed by atoms with E-state index in [0.29, 0.717) is 5.92 Å². The van der Waals surface area contributed by atoms with Crippen LogP contribution in [0.3, 0.4) is 0 Å². The minimum absolute atomic E-state index is 0.497. The lowest BCUT2D eigenvalue weighted by molar-refractivity contribution is 0.964.